The Hall–Kier alpha value is -1.47. The summed E-state index contributed by atoms with van der Waals surface area (Å²) in [6.45, 7) is -1.48. The van der Waals surface area contributed by atoms with Gasteiger partial charge in [0.15, 0.2) is 0 Å². The van der Waals surface area contributed by atoms with Crippen molar-refractivity contribution in [3.05, 3.63) is 0 Å². The van der Waals surface area contributed by atoms with Gasteiger partial charge in [-0.2, -0.15) is 13.2 Å². The number of carbonyl (C=O) groups is 2. The molecule has 0 radical (unpaired) electrons. The molecular formula is C9H13F3N2O3. The number of carboxylic acids is 1. The Morgan fingerprint density at radius 2 is 1.76 bits per heavy atom. The van der Waals surface area contributed by atoms with E-state index in [1.165, 1.54) is 0 Å². The third-order valence-corrected chi connectivity index (χ3v) is 2.67. The number of rotatable bonds is 3. The van der Waals surface area contributed by atoms with Crippen molar-refractivity contribution in [2.45, 2.75) is 37.4 Å². The molecule has 5 nitrogen and oxygen atoms in total. The van der Waals surface area contributed by atoms with E-state index < -0.39 is 30.3 Å². The van der Waals surface area contributed by atoms with Crippen LogP contribution in [0.1, 0.15) is 25.7 Å². The average molecular weight is 254 g/mol. The zero-order valence-corrected chi connectivity index (χ0v) is 8.93. The maximum absolute atomic E-state index is 11.8. The number of nitrogens with one attached hydrogen (secondary N) is 2. The van der Waals surface area contributed by atoms with E-state index in [0.717, 1.165) is 0 Å². The van der Waals surface area contributed by atoms with E-state index in [1.807, 2.05) is 0 Å². The van der Waals surface area contributed by atoms with E-state index >= 15 is 0 Å². The fourth-order valence-electron chi connectivity index (χ4n) is 1.81. The minimum absolute atomic E-state index is 0.238. The van der Waals surface area contributed by atoms with Crippen LogP contribution in [0.25, 0.3) is 0 Å². The molecule has 1 rings (SSSR count). The van der Waals surface area contributed by atoms with Crippen molar-refractivity contribution in [1.29, 1.82) is 0 Å². The second-order valence-electron chi connectivity index (χ2n) is 4.02. The first kappa shape index (κ1) is 13.6. The van der Waals surface area contributed by atoms with Gasteiger partial charge in [-0.3, -0.25) is 0 Å². The van der Waals surface area contributed by atoms with Crippen LogP contribution >= 0.6 is 0 Å². The number of aliphatic carboxylic acids is 1. The predicted molar refractivity (Wildman–Crippen MR) is 51.4 cm³/mol. The Kier molecular flexibility index (Phi) is 3.84. The molecule has 0 aromatic carbocycles. The molecule has 0 spiro atoms. The molecule has 0 aromatic heterocycles. The number of urea groups is 1. The summed E-state index contributed by atoms with van der Waals surface area (Å²) in [5.74, 6) is -1.21. The largest absolute Gasteiger partial charge is 0.480 e. The number of alkyl halides is 3. The number of halogens is 3. The smallest absolute Gasteiger partial charge is 0.405 e. The van der Waals surface area contributed by atoms with Crippen molar-refractivity contribution in [3.8, 4) is 0 Å². The van der Waals surface area contributed by atoms with Crippen LogP contribution < -0.4 is 10.6 Å². The third-order valence-electron chi connectivity index (χ3n) is 2.67. The molecule has 0 heterocycles. The van der Waals surface area contributed by atoms with Crippen LogP contribution in [-0.4, -0.2) is 35.4 Å². The number of carboxylic acid groups (broad SMARTS) is 1. The molecule has 1 aliphatic rings. The summed E-state index contributed by atoms with van der Waals surface area (Å²) in [4.78, 5) is 22.2. The summed E-state index contributed by atoms with van der Waals surface area (Å²) in [7, 11) is 0. The standard InChI is InChI=1S/C9H13F3N2O3/c10-9(11,12)5-13-7(17)14-8(6(15)16)3-1-2-4-8/h1-5H2,(H,15,16)(H2,13,14,17). The Bertz CT molecular complexity index is 311. The summed E-state index contributed by atoms with van der Waals surface area (Å²) in [6.07, 6.45) is -2.77. The summed E-state index contributed by atoms with van der Waals surface area (Å²) in [5.41, 5.74) is -1.42. The van der Waals surface area contributed by atoms with Crippen molar-refractivity contribution < 1.29 is 27.9 Å². The quantitative estimate of drug-likeness (QED) is 0.709. The lowest BCUT2D eigenvalue weighted by atomic mass is 9.98. The highest BCUT2D eigenvalue weighted by Crippen LogP contribution is 2.29. The van der Waals surface area contributed by atoms with Crippen LogP contribution in [0.2, 0.25) is 0 Å². The van der Waals surface area contributed by atoms with Gasteiger partial charge < -0.3 is 15.7 Å². The molecule has 1 saturated carbocycles. The number of carbonyl (C=O) groups excluding carboxylic acids is 1. The van der Waals surface area contributed by atoms with Crippen molar-refractivity contribution in [3.63, 3.8) is 0 Å². The normalized spacial score (nSPS) is 18.8. The van der Waals surface area contributed by atoms with E-state index in [2.05, 4.69) is 5.32 Å². The number of hydrogen-bond acceptors (Lipinski definition) is 2. The van der Waals surface area contributed by atoms with Crippen LogP contribution in [0, 0.1) is 0 Å². The molecule has 0 saturated heterocycles. The molecule has 3 N–H and O–H groups in total. The highest BCUT2D eigenvalue weighted by atomic mass is 19.4. The minimum Gasteiger partial charge on any atom is -0.480 e. The molecule has 0 aromatic rings. The summed E-state index contributed by atoms with van der Waals surface area (Å²) < 4.78 is 35.5. The summed E-state index contributed by atoms with van der Waals surface area (Å²) in [5, 5.41) is 12.7. The second kappa shape index (κ2) is 4.80. The lowest BCUT2D eigenvalue weighted by Crippen LogP contribution is -2.56. The van der Waals surface area contributed by atoms with Crippen LogP contribution in [0.15, 0.2) is 0 Å². The Balaban J connectivity index is 2.51. The summed E-state index contributed by atoms with van der Waals surface area (Å²) >= 11 is 0. The maximum Gasteiger partial charge on any atom is 0.405 e. The van der Waals surface area contributed by atoms with Gasteiger partial charge in [-0.1, -0.05) is 12.8 Å². The molecule has 0 aliphatic heterocycles. The van der Waals surface area contributed by atoms with Gasteiger partial charge in [0, 0.05) is 0 Å². The fraction of sp³-hybridized carbons (Fsp3) is 0.778. The van der Waals surface area contributed by atoms with Crippen LogP contribution in [-0.2, 0) is 4.79 Å². The third kappa shape index (κ3) is 3.79. The number of hydrogen-bond donors (Lipinski definition) is 3. The Morgan fingerprint density at radius 1 is 1.24 bits per heavy atom. The van der Waals surface area contributed by atoms with Crippen LogP contribution in [0.4, 0.5) is 18.0 Å². The van der Waals surface area contributed by atoms with Gasteiger partial charge in [-0.15, -0.1) is 0 Å². The highest BCUT2D eigenvalue weighted by molar-refractivity contribution is 5.86. The van der Waals surface area contributed by atoms with Crippen LogP contribution in [0.5, 0.6) is 0 Å². The topological polar surface area (TPSA) is 78.4 Å². The first-order valence-corrected chi connectivity index (χ1v) is 5.11. The SMILES string of the molecule is O=C(NCC(F)(F)F)NC1(C(=O)O)CCCC1. The van der Waals surface area contributed by atoms with Gasteiger partial charge in [0.2, 0.25) is 0 Å². The van der Waals surface area contributed by atoms with E-state index in [0.29, 0.717) is 12.8 Å². The van der Waals surface area contributed by atoms with E-state index in [9.17, 15) is 22.8 Å². The van der Waals surface area contributed by atoms with Crippen LogP contribution in [0.3, 0.4) is 0 Å². The lowest BCUT2D eigenvalue weighted by molar-refractivity contribution is -0.144. The molecule has 1 aliphatic carbocycles. The Labute approximate surface area is 95.4 Å². The monoisotopic (exact) mass is 254 g/mol. The maximum atomic E-state index is 11.8. The number of amides is 2. The van der Waals surface area contributed by atoms with Crippen molar-refractivity contribution in [2.24, 2.45) is 0 Å². The molecule has 98 valence electrons. The molecule has 0 bridgehead atoms. The van der Waals surface area contributed by atoms with Crippen molar-refractivity contribution in [2.75, 3.05) is 6.54 Å². The van der Waals surface area contributed by atoms with Gasteiger partial charge in [0.25, 0.3) is 0 Å². The van der Waals surface area contributed by atoms with Gasteiger partial charge in [-0.25, -0.2) is 9.59 Å². The van der Waals surface area contributed by atoms with E-state index in [-0.39, 0.29) is 12.8 Å². The summed E-state index contributed by atoms with van der Waals surface area (Å²) in [6, 6.07) is -1.10. The first-order valence-electron chi connectivity index (χ1n) is 5.11. The average Bonchev–Trinajstić information content (AvgIpc) is 2.63. The molecule has 0 unspecified atom stereocenters. The van der Waals surface area contributed by atoms with Gasteiger partial charge in [0.1, 0.15) is 12.1 Å². The second-order valence-corrected chi connectivity index (χ2v) is 4.02. The molecule has 1 fully saturated rings. The van der Waals surface area contributed by atoms with E-state index in [4.69, 9.17) is 5.11 Å². The van der Waals surface area contributed by atoms with Crippen molar-refractivity contribution >= 4 is 12.0 Å². The predicted octanol–water partition coefficient (Wildman–Crippen LogP) is 1.25. The lowest BCUT2D eigenvalue weighted by Gasteiger charge is -2.25. The minimum atomic E-state index is -4.51. The van der Waals surface area contributed by atoms with Gasteiger partial charge in [0.05, 0.1) is 0 Å². The molecule has 17 heavy (non-hydrogen) atoms. The zero-order chi connectivity index (χ0) is 13.1. The van der Waals surface area contributed by atoms with Gasteiger partial charge in [-0.05, 0) is 12.8 Å². The molecular weight excluding hydrogens is 241 g/mol. The van der Waals surface area contributed by atoms with Gasteiger partial charge >= 0.3 is 18.2 Å². The molecule has 0 atom stereocenters. The fourth-order valence-corrected chi connectivity index (χ4v) is 1.81. The Morgan fingerprint density at radius 3 is 2.18 bits per heavy atom. The zero-order valence-electron chi connectivity index (χ0n) is 8.93. The van der Waals surface area contributed by atoms with Crippen molar-refractivity contribution in [1.82, 2.24) is 10.6 Å². The molecule has 2 amide bonds. The first-order chi connectivity index (χ1) is 7.75. The van der Waals surface area contributed by atoms with E-state index in [1.54, 1.807) is 5.32 Å². The highest BCUT2D eigenvalue weighted by Gasteiger charge is 2.43. The molecule has 8 heteroatoms.